The molecule has 0 aliphatic heterocycles. The summed E-state index contributed by atoms with van der Waals surface area (Å²) in [6, 6.07) is 8.96. The molecule has 0 atom stereocenters. The van der Waals surface area contributed by atoms with Crippen LogP contribution in [0.25, 0.3) is 0 Å². The molecule has 0 radical (unpaired) electrons. The lowest BCUT2D eigenvalue weighted by atomic mass is 9.96. The van der Waals surface area contributed by atoms with Crippen LogP contribution >= 0.6 is 0 Å². The molecule has 2 heteroatoms. The Hall–Kier alpha value is -1.57. The number of allylic oxidation sites excluding steroid dienone is 1. The minimum absolute atomic E-state index is 0.0349. The molecule has 74 valence electrons. The quantitative estimate of drug-likeness (QED) is 0.452. The summed E-state index contributed by atoms with van der Waals surface area (Å²) >= 11 is 0. The second-order valence-corrected chi connectivity index (χ2v) is 3.43. The van der Waals surface area contributed by atoms with Gasteiger partial charge < -0.3 is 5.11 Å². The van der Waals surface area contributed by atoms with Gasteiger partial charge in [-0.1, -0.05) is 44.2 Å². The van der Waals surface area contributed by atoms with E-state index >= 15 is 0 Å². The van der Waals surface area contributed by atoms with E-state index in [1.807, 2.05) is 32.0 Å². The molecule has 1 aromatic carbocycles. The van der Waals surface area contributed by atoms with Crippen LogP contribution in [0.5, 0.6) is 0 Å². The van der Waals surface area contributed by atoms with Crippen molar-refractivity contribution in [2.45, 2.75) is 13.8 Å². The molecule has 2 nitrogen and oxygen atoms in total. The Balaban J connectivity index is 2.96. The average Bonchev–Trinajstić information content (AvgIpc) is 2.19. The number of hydrogen-bond acceptors (Lipinski definition) is 2. The third-order valence-corrected chi connectivity index (χ3v) is 2.06. The summed E-state index contributed by atoms with van der Waals surface area (Å²) < 4.78 is 0. The Kier molecular flexibility index (Phi) is 3.46. The van der Waals surface area contributed by atoms with E-state index in [0.29, 0.717) is 11.1 Å². The summed E-state index contributed by atoms with van der Waals surface area (Å²) in [6.45, 7) is 3.76. The lowest BCUT2D eigenvalue weighted by Crippen LogP contribution is -2.08. The van der Waals surface area contributed by atoms with Crippen molar-refractivity contribution >= 4 is 5.78 Å². The van der Waals surface area contributed by atoms with Gasteiger partial charge in [-0.05, 0) is 5.92 Å². The fourth-order valence-corrected chi connectivity index (χ4v) is 1.23. The summed E-state index contributed by atoms with van der Waals surface area (Å²) in [5, 5.41) is 8.95. The number of benzene rings is 1. The lowest BCUT2D eigenvalue weighted by molar-refractivity contribution is 0.102. The average molecular weight is 190 g/mol. The Morgan fingerprint density at radius 3 is 2.29 bits per heavy atom. The molecule has 0 aliphatic rings. The SMILES string of the molecule is CC(C)C(=CO)C(=O)c1ccccc1. The van der Waals surface area contributed by atoms with E-state index in [1.165, 1.54) is 0 Å². The maximum absolute atomic E-state index is 11.8. The van der Waals surface area contributed by atoms with Crippen LogP contribution in [-0.2, 0) is 0 Å². The highest BCUT2D eigenvalue weighted by molar-refractivity contribution is 6.08. The zero-order chi connectivity index (χ0) is 10.6. The van der Waals surface area contributed by atoms with Crippen LogP contribution in [0.4, 0.5) is 0 Å². The first kappa shape index (κ1) is 10.5. The van der Waals surface area contributed by atoms with E-state index < -0.39 is 0 Å². The summed E-state index contributed by atoms with van der Waals surface area (Å²) in [7, 11) is 0. The van der Waals surface area contributed by atoms with Crippen molar-refractivity contribution in [3.8, 4) is 0 Å². The number of rotatable bonds is 3. The minimum Gasteiger partial charge on any atom is -0.515 e. The summed E-state index contributed by atoms with van der Waals surface area (Å²) in [5.74, 6) is -0.0733. The normalized spacial score (nSPS) is 11.8. The van der Waals surface area contributed by atoms with Gasteiger partial charge in [-0.15, -0.1) is 0 Å². The van der Waals surface area contributed by atoms with Crippen molar-refractivity contribution < 1.29 is 9.90 Å². The third-order valence-electron chi connectivity index (χ3n) is 2.06. The first-order chi connectivity index (χ1) is 6.66. The van der Waals surface area contributed by atoms with E-state index in [-0.39, 0.29) is 11.7 Å². The number of aliphatic hydroxyl groups is 1. The van der Waals surface area contributed by atoms with Crippen LogP contribution in [0, 0.1) is 5.92 Å². The van der Waals surface area contributed by atoms with Gasteiger partial charge in [0, 0.05) is 11.1 Å². The second-order valence-electron chi connectivity index (χ2n) is 3.43. The highest BCUT2D eigenvalue weighted by atomic mass is 16.2. The van der Waals surface area contributed by atoms with Crippen molar-refractivity contribution in [2.75, 3.05) is 0 Å². The summed E-state index contributed by atoms with van der Waals surface area (Å²) in [6.07, 6.45) is 0.903. The van der Waals surface area contributed by atoms with Crippen LogP contribution in [0.15, 0.2) is 42.2 Å². The fraction of sp³-hybridized carbons (Fsp3) is 0.250. The van der Waals surface area contributed by atoms with E-state index in [1.54, 1.807) is 12.1 Å². The number of hydrogen-bond donors (Lipinski definition) is 1. The molecule has 1 aromatic rings. The number of Topliss-reactive ketones (excluding diaryl/α,β-unsaturated/α-hetero) is 1. The second kappa shape index (κ2) is 4.61. The van der Waals surface area contributed by atoms with Crippen molar-refractivity contribution in [3.63, 3.8) is 0 Å². The van der Waals surface area contributed by atoms with Gasteiger partial charge in [-0.2, -0.15) is 0 Å². The first-order valence-electron chi connectivity index (χ1n) is 4.61. The molecule has 0 unspecified atom stereocenters. The molecule has 0 fully saturated rings. The van der Waals surface area contributed by atoms with Gasteiger partial charge in [0.2, 0.25) is 0 Å². The van der Waals surface area contributed by atoms with Crippen LogP contribution in [0.1, 0.15) is 24.2 Å². The maximum atomic E-state index is 11.8. The van der Waals surface area contributed by atoms with Crippen LogP contribution in [-0.4, -0.2) is 10.9 Å². The van der Waals surface area contributed by atoms with Crippen LogP contribution in [0.2, 0.25) is 0 Å². The van der Waals surface area contributed by atoms with Crippen molar-refractivity contribution in [2.24, 2.45) is 5.92 Å². The predicted molar refractivity (Wildman–Crippen MR) is 56.3 cm³/mol. The Morgan fingerprint density at radius 1 is 1.29 bits per heavy atom. The molecule has 0 bridgehead atoms. The predicted octanol–water partition coefficient (Wildman–Crippen LogP) is 2.97. The molecule has 0 amide bonds. The minimum atomic E-state index is -0.108. The molecular weight excluding hydrogens is 176 g/mol. The van der Waals surface area contributed by atoms with Crippen LogP contribution < -0.4 is 0 Å². The molecule has 1 N–H and O–H groups in total. The van der Waals surface area contributed by atoms with E-state index in [4.69, 9.17) is 5.11 Å². The summed E-state index contributed by atoms with van der Waals surface area (Å²) in [4.78, 5) is 11.8. The van der Waals surface area contributed by atoms with Gasteiger partial charge >= 0.3 is 0 Å². The van der Waals surface area contributed by atoms with Crippen molar-refractivity contribution in [1.82, 2.24) is 0 Å². The molecule has 0 aromatic heterocycles. The molecule has 0 heterocycles. The van der Waals surface area contributed by atoms with Gasteiger partial charge in [0.05, 0.1) is 6.26 Å². The Bertz CT molecular complexity index is 337. The Labute approximate surface area is 83.9 Å². The van der Waals surface area contributed by atoms with Gasteiger partial charge in [0.1, 0.15) is 0 Å². The monoisotopic (exact) mass is 190 g/mol. The largest absolute Gasteiger partial charge is 0.515 e. The standard InChI is InChI=1S/C12H14O2/c1-9(2)11(8-13)12(14)10-6-4-3-5-7-10/h3-9,13H,1-2H3. The zero-order valence-corrected chi connectivity index (χ0v) is 8.40. The van der Waals surface area contributed by atoms with Gasteiger partial charge in [0.15, 0.2) is 5.78 Å². The lowest BCUT2D eigenvalue weighted by Gasteiger charge is -2.08. The summed E-state index contributed by atoms with van der Waals surface area (Å²) in [5.41, 5.74) is 1.05. The van der Waals surface area contributed by atoms with E-state index in [9.17, 15) is 4.79 Å². The smallest absolute Gasteiger partial charge is 0.192 e. The van der Waals surface area contributed by atoms with E-state index in [0.717, 1.165) is 6.26 Å². The number of carbonyl (C=O) groups is 1. The van der Waals surface area contributed by atoms with E-state index in [2.05, 4.69) is 0 Å². The molecule has 1 rings (SSSR count). The number of ketones is 1. The fourth-order valence-electron chi connectivity index (χ4n) is 1.23. The van der Waals surface area contributed by atoms with Crippen LogP contribution in [0.3, 0.4) is 0 Å². The Morgan fingerprint density at radius 2 is 1.86 bits per heavy atom. The van der Waals surface area contributed by atoms with Gasteiger partial charge in [-0.3, -0.25) is 4.79 Å². The third kappa shape index (κ3) is 2.22. The van der Waals surface area contributed by atoms with Crippen molar-refractivity contribution in [1.29, 1.82) is 0 Å². The van der Waals surface area contributed by atoms with Gasteiger partial charge in [0.25, 0.3) is 0 Å². The highest BCUT2D eigenvalue weighted by Crippen LogP contribution is 2.15. The maximum Gasteiger partial charge on any atom is 0.192 e. The van der Waals surface area contributed by atoms with Gasteiger partial charge in [-0.25, -0.2) is 0 Å². The number of aliphatic hydroxyl groups excluding tert-OH is 1. The highest BCUT2D eigenvalue weighted by Gasteiger charge is 2.14. The molecule has 0 saturated heterocycles. The number of carbonyl (C=O) groups excluding carboxylic acids is 1. The molecular formula is C12H14O2. The molecule has 0 spiro atoms. The molecule has 0 aliphatic carbocycles. The van der Waals surface area contributed by atoms with Crippen molar-refractivity contribution in [3.05, 3.63) is 47.7 Å². The molecule has 14 heavy (non-hydrogen) atoms. The molecule has 0 saturated carbocycles. The first-order valence-corrected chi connectivity index (χ1v) is 4.61. The zero-order valence-electron chi connectivity index (χ0n) is 8.40. The topological polar surface area (TPSA) is 37.3 Å².